The van der Waals surface area contributed by atoms with Gasteiger partial charge in [0.15, 0.2) is 0 Å². The van der Waals surface area contributed by atoms with E-state index in [-0.39, 0.29) is 12.1 Å². The summed E-state index contributed by atoms with van der Waals surface area (Å²) in [5.74, 6) is 0.980. The molecule has 0 bridgehead atoms. The molecule has 1 aromatic heterocycles. The van der Waals surface area contributed by atoms with Crippen molar-refractivity contribution in [1.82, 2.24) is 15.0 Å². The Hall–Kier alpha value is -2.10. The van der Waals surface area contributed by atoms with Crippen LogP contribution < -0.4 is 15.0 Å². The van der Waals surface area contributed by atoms with E-state index in [1.165, 1.54) is 7.11 Å². The molecule has 0 spiro atoms. The minimum Gasteiger partial charge on any atom is -0.467 e. The number of ether oxygens (including phenoxy) is 1. The molecule has 0 aromatic carbocycles. The second-order valence-electron chi connectivity index (χ2n) is 4.19. The molecular formula is C12H20N6O. The maximum Gasteiger partial charge on any atom is 0.322 e. The molecule has 0 aliphatic heterocycles. The quantitative estimate of drug-likeness (QED) is 0.797. The molecule has 1 rings (SSSR count). The van der Waals surface area contributed by atoms with Gasteiger partial charge in [0.05, 0.1) is 19.6 Å². The molecule has 1 N–H and O–H groups in total. The first-order valence-electron chi connectivity index (χ1n) is 6.26. The van der Waals surface area contributed by atoms with Gasteiger partial charge in [-0.15, -0.1) is 0 Å². The molecule has 1 unspecified atom stereocenters. The van der Waals surface area contributed by atoms with E-state index < -0.39 is 0 Å². The SMILES string of the molecule is CCCNc1nc(OC)nc(N(C)C(C)CC#N)n1. The Morgan fingerprint density at radius 3 is 2.74 bits per heavy atom. The van der Waals surface area contributed by atoms with Crippen LogP contribution in [0.25, 0.3) is 0 Å². The molecule has 1 aromatic rings. The van der Waals surface area contributed by atoms with E-state index in [1.54, 1.807) is 0 Å². The van der Waals surface area contributed by atoms with Gasteiger partial charge in [0.25, 0.3) is 0 Å². The van der Waals surface area contributed by atoms with Crippen molar-refractivity contribution in [2.75, 3.05) is 30.9 Å². The molecule has 7 nitrogen and oxygen atoms in total. The number of methoxy groups -OCH3 is 1. The van der Waals surface area contributed by atoms with Crippen LogP contribution in [0.15, 0.2) is 0 Å². The Balaban J connectivity index is 2.95. The standard InChI is InChI=1S/C12H20N6O/c1-5-8-14-10-15-11(17-12(16-10)19-4)18(3)9(2)6-7-13/h9H,5-6,8H2,1-4H3,(H,14,15,16,17). The van der Waals surface area contributed by atoms with E-state index in [0.29, 0.717) is 18.3 Å². The molecule has 7 heteroatoms. The number of nitrogens with zero attached hydrogens (tertiary/aromatic N) is 5. The first-order valence-corrected chi connectivity index (χ1v) is 6.26. The van der Waals surface area contributed by atoms with Gasteiger partial charge in [-0.25, -0.2) is 0 Å². The topological polar surface area (TPSA) is 87.0 Å². The highest BCUT2D eigenvalue weighted by molar-refractivity contribution is 5.38. The van der Waals surface area contributed by atoms with Crippen molar-refractivity contribution >= 4 is 11.9 Å². The molecule has 0 amide bonds. The van der Waals surface area contributed by atoms with Gasteiger partial charge in [0.2, 0.25) is 11.9 Å². The van der Waals surface area contributed by atoms with Crippen molar-refractivity contribution in [1.29, 1.82) is 5.26 Å². The molecule has 0 saturated carbocycles. The van der Waals surface area contributed by atoms with Crippen LogP contribution in [0.4, 0.5) is 11.9 Å². The van der Waals surface area contributed by atoms with Gasteiger partial charge in [-0.05, 0) is 13.3 Å². The van der Waals surface area contributed by atoms with E-state index in [2.05, 4.69) is 33.3 Å². The van der Waals surface area contributed by atoms with E-state index in [9.17, 15) is 0 Å². The van der Waals surface area contributed by atoms with Crippen molar-refractivity contribution in [3.05, 3.63) is 0 Å². The third-order valence-corrected chi connectivity index (χ3v) is 2.68. The minimum atomic E-state index is 0.0242. The molecule has 19 heavy (non-hydrogen) atoms. The Kier molecular flexibility index (Phi) is 5.79. The number of hydrogen-bond donors (Lipinski definition) is 1. The second-order valence-corrected chi connectivity index (χ2v) is 4.19. The van der Waals surface area contributed by atoms with Crippen molar-refractivity contribution in [2.45, 2.75) is 32.7 Å². The largest absolute Gasteiger partial charge is 0.467 e. The highest BCUT2D eigenvalue weighted by atomic mass is 16.5. The highest BCUT2D eigenvalue weighted by Gasteiger charge is 2.15. The zero-order chi connectivity index (χ0) is 14.3. The van der Waals surface area contributed by atoms with Crippen LogP contribution >= 0.6 is 0 Å². The predicted octanol–water partition coefficient (Wildman–Crippen LogP) is 1.44. The van der Waals surface area contributed by atoms with Gasteiger partial charge < -0.3 is 15.0 Å². The lowest BCUT2D eigenvalue weighted by Gasteiger charge is -2.23. The second kappa shape index (κ2) is 7.36. The predicted molar refractivity (Wildman–Crippen MR) is 73.3 cm³/mol. The van der Waals surface area contributed by atoms with Gasteiger partial charge in [-0.3, -0.25) is 0 Å². The molecule has 0 aliphatic rings. The van der Waals surface area contributed by atoms with E-state index >= 15 is 0 Å². The molecule has 0 saturated heterocycles. The Bertz CT molecular complexity index is 444. The molecule has 0 radical (unpaired) electrons. The lowest BCUT2D eigenvalue weighted by atomic mass is 10.2. The molecule has 0 aliphatic carbocycles. The van der Waals surface area contributed by atoms with E-state index in [0.717, 1.165) is 13.0 Å². The fourth-order valence-electron chi connectivity index (χ4n) is 1.38. The van der Waals surface area contributed by atoms with Gasteiger partial charge in [0.1, 0.15) is 0 Å². The number of nitriles is 1. The normalized spacial score (nSPS) is 11.5. The van der Waals surface area contributed by atoms with Crippen LogP contribution in [0.3, 0.4) is 0 Å². The summed E-state index contributed by atoms with van der Waals surface area (Å²) in [6, 6.07) is 2.42. The molecule has 104 valence electrons. The van der Waals surface area contributed by atoms with Gasteiger partial charge >= 0.3 is 6.01 Å². The monoisotopic (exact) mass is 264 g/mol. The van der Waals surface area contributed by atoms with E-state index in [4.69, 9.17) is 10.00 Å². The summed E-state index contributed by atoms with van der Waals surface area (Å²) in [6.45, 7) is 4.79. The van der Waals surface area contributed by atoms with Crippen molar-refractivity contribution < 1.29 is 4.74 Å². The molecular weight excluding hydrogens is 244 g/mol. The third kappa shape index (κ3) is 4.25. The highest BCUT2D eigenvalue weighted by Crippen LogP contribution is 2.16. The summed E-state index contributed by atoms with van der Waals surface area (Å²) in [5.41, 5.74) is 0. The Morgan fingerprint density at radius 2 is 2.16 bits per heavy atom. The lowest BCUT2D eigenvalue weighted by molar-refractivity contribution is 0.378. The van der Waals surface area contributed by atoms with Crippen LogP contribution in [0.2, 0.25) is 0 Å². The minimum absolute atomic E-state index is 0.0242. The number of hydrogen-bond acceptors (Lipinski definition) is 7. The summed E-state index contributed by atoms with van der Waals surface area (Å²) in [4.78, 5) is 14.5. The van der Waals surface area contributed by atoms with Crippen LogP contribution in [-0.4, -0.2) is 41.7 Å². The maximum absolute atomic E-state index is 8.74. The third-order valence-electron chi connectivity index (χ3n) is 2.68. The summed E-state index contributed by atoms with van der Waals surface area (Å²) in [5, 5.41) is 11.8. The lowest BCUT2D eigenvalue weighted by Crippen LogP contribution is -2.30. The van der Waals surface area contributed by atoms with Crippen LogP contribution in [0.1, 0.15) is 26.7 Å². The maximum atomic E-state index is 8.74. The summed E-state index contributed by atoms with van der Waals surface area (Å²) >= 11 is 0. The van der Waals surface area contributed by atoms with Crippen molar-refractivity contribution in [3.8, 4) is 12.1 Å². The van der Waals surface area contributed by atoms with Crippen LogP contribution in [-0.2, 0) is 0 Å². The molecule has 0 fully saturated rings. The Morgan fingerprint density at radius 1 is 1.42 bits per heavy atom. The van der Waals surface area contributed by atoms with E-state index in [1.807, 2.05) is 18.9 Å². The zero-order valence-corrected chi connectivity index (χ0v) is 11.8. The fraction of sp³-hybridized carbons (Fsp3) is 0.667. The van der Waals surface area contributed by atoms with Crippen molar-refractivity contribution in [2.24, 2.45) is 0 Å². The summed E-state index contributed by atoms with van der Waals surface area (Å²) in [6.07, 6.45) is 1.38. The zero-order valence-electron chi connectivity index (χ0n) is 11.8. The first kappa shape index (κ1) is 15.0. The first-order chi connectivity index (χ1) is 9.12. The average Bonchev–Trinajstić information content (AvgIpc) is 2.44. The van der Waals surface area contributed by atoms with Gasteiger partial charge in [-0.2, -0.15) is 20.2 Å². The van der Waals surface area contributed by atoms with Gasteiger partial charge in [-0.1, -0.05) is 6.92 Å². The van der Waals surface area contributed by atoms with Gasteiger partial charge in [0, 0.05) is 19.6 Å². The molecule has 1 atom stereocenters. The number of nitrogens with one attached hydrogen (secondary N) is 1. The number of rotatable bonds is 7. The van der Waals surface area contributed by atoms with Crippen molar-refractivity contribution in [3.63, 3.8) is 0 Å². The number of anilines is 2. The fourth-order valence-corrected chi connectivity index (χ4v) is 1.38. The Labute approximate surface area is 113 Å². The number of aromatic nitrogens is 3. The average molecular weight is 264 g/mol. The smallest absolute Gasteiger partial charge is 0.322 e. The molecule has 1 heterocycles. The van der Waals surface area contributed by atoms with Crippen LogP contribution in [0, 0.1) is 11.3 Å². The summed E-state index contributed by atoms with van der Waals surface area (Å²) < 4.78 is 5.07. The van der Waals surface area contributed by atoms with Crippen LogP contribution in [0.5, 0.6) is 6.01 Å². The summed E-state index contributed by atoms with van der Waals surface area (Å²) in [7, 11) is 3.36.